The highest BCUT2D eigenvalue weighted by molar-refractivity contribution is 5.45. The van der Waals surface area contributed by atoms with Crippen LogP contribution >= 0.6 is 0 Å². The van der Waals surface area contributed by atoms with Crippen molar-refractivity contribution in [2.24, 2.45) is 11.3 Å². The largest absolute Gasteiger partial charge is 0.383 e. The molecule has 1 heterocycles. The van der Waals surface area contributed by atoms with Crippen LogP contribution in [-0.4, -0.2) is 4.98 Å². The molecule has 2 nitrogen and oxygen atoms in total. The summed E-state index contributed by atoms with van der Waals surface area (Å²) < 4.78 is 0. The molecule has 0 saturated heterocycles. The average molecular weight is 218 g/mol. The fraction of sp³-hybridized carbons (Fsp3) is 0.643. The van der Waals surface area contributed by atoms with Crippen molar-refractivity contribution in [1.82, 2.24) is 4.98 Å². The van der Waals surface area contributed by atoms with Gasteiger partial charge in [0.15, 0.2) is 0 Å². The summed E-state index contributed by atoms with van der Waals surface area (Å²) >= 11 is 0. The number of hydrogen-bond acceptors (Lipinski definition) is 2. The van der Waals surface area contributed by atoms with E-state index in [2.05, 4.69) is 31.8 Å². The van der Waals surface area contributed by atoms with Crippen molar-refractivity contribution in [2.45, 2.75) is 46.5 Å². The third-order valence-corrected chi connectivity index (χ3v) is 4.41. The fourth-order valence-corrected chi connectivity index (χ4v) is 2.67. The normalized spacial score (nSPS) is 20.6. The third kappa shape index (κ3) is 1.93. The maximum Gasteiger partial charge on any atom is 0.126 e. The molecule has 0 bridgehead atoms. The Bertz CT molecular complexity index is 382. The second kappa shape index (κ2) is 4.08. The van der Waals surface area contributed by atoms with Gasteiger partial charge in [0.05, 0.1) is 0 Å². The second-order valence-electron chi connectivity index (χ2n) is 5.62. The highest BCUT2D eigenvalue weighted by Gasteiger charge is 2.31. The summed E-state index contributed by atoms with van der Waals surface area (Å²) in [4.78, 5) is 4.18. The minimum Gasteiger partial charge on any atom is -0.383 e. The minimum absolute atomic E-state index is 0.440. The zero-order valence-corrected chi connectivity index (χ0v) is 10.6. The molecule has 0 amide bonds. The van der Waals surface area contributed by atoms with Gasteiger partial charge in [0, 0.05) is 6.20 Å². The Labute approximate surface area is 98.3 Å². The van der Waals surface area contributed by atoms with Crippen LogP contribution in [0, 0.1) is 11.3 Å². The first-order valence-corrected chi connectivity index (χ1v) is 6.27. The van der Waals surface area contributed by atoms with Crippen molar-refractivity contribution in [3.63, 3.8) is 0 Å². The number of anilines is 1. The molecule has 0 saturated carbocycles. The number of fused-ring (bicyclic) bond motifs is 1. The summed E-state index contributed by atoms with van der Waals surface area (Å²) in [7, 11) is 0. The molecule has 1 aliphatic rings. The van der Waals surface area contributed by atoms with Crippen LogP contribution < -0.4 is 5.73 Å². The molecule has 2 heteroatoms. The van der Waals surface area contributed by atoms with Crippen LogP contribution in [0.3, 0.4) is 0 Å². The zero-order valence-electron chi connectivity index (χ0n) is 10.6. The van der Waals surface area contributed by atoms with Gasteiger partial charge in [-0.25, -0.2) is 4.98 Å². The van der Waals surface area contributed by atoms with Gasteiger partial charge in [0.2, 0.25) is 0 Å². The quantitative estimate of drug-likeness (QED) is 0.828. The number of pyridine rings is 1. The van der Waals surface area contributed by atoms with E-state index in [1.54, 1.807) is 0 Å². The van der Waals surface area contributed by atoms with Crippen LogP contribution in [0.25, 0.3) is 0 Å². The summed E-state index contributed by atoms with van der Waals surface area (Å²) in [5, 5.41) is 0. The first-order valence-electron chi connectivity index (χ1n) is 6.27. The molecule has 88 valence electrons. The molecule has 0 fully saturated rings. The Morgan fingerprint density at radius 2 is 2.25 bits per heavy atom. The molecule has 1 aromatic rings. The topological polar surface area (TPSA) is 38.9 Å². The van der Waals surface area contributed by atoms with Crippen LogP contribution in [0.2, 0.25) is 0 Å². The van der Waals surface area contributed by atoms with E-state index in [0.717, 1.165) is 18.2 Å². The Kier molecular flexibility index (Phi) is 2.92. The lowest BCUT2D eigenvalue weighted by Crippen LogP contribution is -2.29. The standard InChI is InChI=1S/C14H22N2/c1-4-14(2,3)11-5-6-12-10(9-11)7-8-16-13(12)15/h7-8,11H,4-6,9H2,1-3H3,(H2,15,16). The van der Waals surface area contributed by atoms with E-state index in [1.807, 2.05) is 6.20 Å². The van der Waals surface area contributed by atoms with Gasteiger partial charge in [0.1, 0.15) is 5.82 Å². The highest BCUT2D eigenvalue weighted by atomic mass is 14.8. The van der Waals surface area contributed by atoms with E-state index in [9.17, 15) is 0 Å². The van der Waals surface area contributed by atoms with E-state index < -0.39 is 0 Å². The molecule has 0 spiro atoms. The molecule has 0 radical (unpaired) electrons. The summed E-state index contributed by atoms with van der Waals surface area (Å²) in [6.07, 6.45) is 6.61. The van der Waals surface area contributed by atoms with Gasteiger partial charge < -0.3 is 5.73 Å². The molecule has 2 N–H and O–H groups in total. The van der Waals surface area contributed by atoms with E-state index in [4.69, 9.17) is 5.73 Å². The smallest absolute Gasteiger partial charge is 0.126 e. The van der Waals surface area contributed by atoms with Crippen LogP contribution in [0.5, 0.6) is 0 Å². The molecule has 16 heavy (non-hydrogen) atoms. The third-order valence-electron chi connectivity index (χ3n) is 4.41. The minimum atomic E-state index is 0.440. The van der Waals surface area contributed by atoms with Crippen molar-refractivity contribution >= 4 is 5.82 Å². The first kappa shape index (κ1) is 11.4. The fourth-order valence-electron chi connectivity index (χ4n) is 2.67. The molecule has 0 aliphatic heterocycles. The molecule has 1 unspecified atom stereocenters. The maximum absolute atomic E-state index is 5.92. The van der Waals surface area contributed by atoms with E-state index >= 15 is 0 Å². The van der Waals surface area contributed by atoms with Gasteiger partial charge in [0.25, 0.3) is 0 Å². The lowest BCUT2D eigenvalue weighted by molar-refractivity contribution is 0.183. The Morgan fingerprint density at radius 3 is 2.94 bits per heavy atom. The van der Waals surface area contributed by atoms with Gasteiger partial charge in [-0.1, -0.05) is 27.2 Å². The molecule has 0 aromatic carbocycles. The molecule has 1 aliphatic carbocycles. The molecular formula is C14H22N2. The number of nitrogens with zero attached hydrogens (tertiary/aromatic N) is 1. The highest BCUT2D eigenvalue weighted by Crippen LogP contribution is 2.40. The van der Waals surface area contributed by atoms with E-state index in [-0.39, 0.29) is 0 Å². The van der Waals surface area contributed by atoms with Gasteiger partial charge in [-0.05, 0) is 47.8 Å². The van der Waals surface area contributed by atoms with E-state index in [1.165, 1.54) is 30.4 Å². The predicted molar refractivity (Wildman–Crippen MR) is 68.2 cm³/mol. The number of hydrogen-bond donors (Lipinski definition) is 1. The van der Waals surface area contributed by atoms with Crippen molar-refractivity contribution in [1.29, 1.82) is 0 Å². The molecule has 1 atom stereocenters. The van der Waals surface area contributed by atoms with Gasteiger partial charge in [-0.2, -0.15) is 0 Å². The molecular weight excluding hydrogens is 196 g/mol. The number of nitrogen functional groups attached to an aromatic ring is 1. The summed E-state index contributed by atoms with van der Waals surface area (Å²) in [6.45, 7) is 7.05. The van der Waals surface area contributed by atoms with Crippen molar-refractivity contribution in [3.05, 3.63) is 23.4 Å². The van der Waals surface area contributed by atoms with Crippen molar-refractivity contribution in [3.8, 4) is 0 Å². The number of aromatic nitrogens is 1. The van der Waals surface area contributed by atoms with Crippen molar-refractivity contribution < 1.29 is 0 Å². The molecule has 2 rings (SSSR count). The van der Waals surface area contributed by atoms with Crippen LogP contribution in [0.4, 0.5) is 5.82 Å². The van der Waals surface area contributed by atoms with Crippen molar-refractivity contribution in [2.75, 3.05) is 5.73 Å². The lowest BCUT2D eigenvalue weighted by atomic mass is 9.68. The Hall–Kier alpha value is -1.05. The van der Waals surface area contributed by atoms with Gasteiger partial charge in [-0.15, -0.1) is 0 Å². The van der Waals surface area contributed by atoms with E-state index in [0.29, 0.717) is 5.41 Å². The summed E-state index contributed by atoms with van der Waals surface area (Å²) in [5.74, 6) is 1.53. The van der Waals surface area contributed by atoms with Gasteiger partial charge in [-0.3, -0.25) is 0 Å². The molecule has 1 aromatic heterocycles. The van der Waals surface area contributed by atoms with Crippen LogP contribution in [0.1, 0.15) is 44.7 Å². The average Bonchev–Trinajstić information content (AvgIpc) is 2.29. The predicted octanol–water partition coefficient (Wildman–Crippen LogP) is 3.20. The second-order valence-corrected chi connectivity index (χ2v) is 5.62. The van der Waals surface area contributed by atoms with Crippen LogP contribution in [-0.2, 0) is 12.8 Å². The SMILES string of the molecule is CCC(C)(C)C1CCc2c(ccnc2N)C1. The number of rotatable bonds is 2. The Balaban J connectivity index is 2.25. The Morgan fingerprint density at radius 1 is 1.50 bits per heavy atom. The maximum atomic E-state index is 5.92. The zero-order chi connectivity index (χ0) is 11.8. The monoisotopic (exact) mass is 218 g/mol. The first-order chi connectivity index (χ1) is 7.54. The summed E-state index contributed by atoms with van der Waals surface area (Å²) in [5.41, 5.74) is 9.08. The number of nitrogens with two attached hydrogens (primary N) is 1. The van der Waals surface area contributed by atoms with Crippen LogP contribution in [0.15, 0.2) is 12.3 Å². The summed E-state index contributed by atoms with van der Waals surface area (Å²) in [6, 6.07) is 2.14. The van der Waals surface area contributed by atoms with Gasteiger partial charge >= 0.3 is 0 Å². The lowest BCUT2D eigenvalue weighted by Gasteiger charge is -2.37.